The molecule has 0 saturated heterocycles. The molecule has 6 nitrogen and oxygen atoms in total. The van der Waals surface area contributed by atoms with Crippen LogP contribution in [0.4, 0.5) is 11.4 Å². The van der Waals surface area contributed by atoms with Crippen LogP contribution in [0.25, 0.3) is 0 Å². The number of hydrogen-bond donors (Lipinski definition) is 1. The second kappa shape index (κ2) is 9.98. The summed E-state index contributed by atoms with van der Waals surface area (Å²) in [5.41, 5.74) is 2.42. The summed E-state index contributed by atoms with van der Waals surface area (Å²) in [4.78, 5) is 14.9. The Bertz CT molecular complexity index is 928. The first-order valence-electron chi connectivity index (χ1n) is 9.54. The number of nitrogens with one attached hydrogen (secondary N) is 1. The predicted molar refractivity (Wildman–Crippen MR) is 120 cm³/mol. The van der Waals surface area contributed by atoms with Gasteiger partial charge in [-0.05, 0) is 56.7 Å². The van der Waals surface area contributed by atoms with Crippen molar-refractivity contribution in [2.24, 2.45) is 0 Å². The minimum atomic E-state index is -3.67. The van der Waals surface area contributed by atoms with Gasteiger partial charge in [0, 0.05) is 30.3 Å². The van der Waals surface area contributed by atoms with Gasteiger partial charge in [-0.2, -0.15) is 0 Å². The number of carbonyl (C=O) groups excluding carboxylic acids is 1. The fraction of sp³-hybridized carbons (Fsp3) is 0.381. The fourth-order valence-corrected chi connectivity index (χ4v) is 4.52. The quantitative estimate of drug-likeness (QED) is 0.650. The van der Waals surface area contributed by atoms with Crippen molar-refractivity contribution < 1.29 is 13.2 Å². The van der Waals surface area contributed by atoms with Gasteiger partial charge in [0.25, 0.3) is 0 Å². The molecule has 8 heteroatoms. The highest BCUT2D eigenvalue weighted by molar-refractivity contribution is 7.92. The Morgan fingerprint density at radius 1 is 1.07 bits per heavy atom. The van der Waals surface area contributed by atoms with Crippen LogP contribution in [-0.4, -0.2) is 39.7 Å². The van der Waals surface area contributed by atoms with Crippen molar-refractivity contribution in [2.45, 2.75) is 33.4 Å². The van der Waals surface area contributed by atoms with Gasteiger partial charge >= 0.3 is 0 Å². The molecule has 0 saturated carbocycles. The standard InChI is InChI=1S/C21H28ClN3O3S/c1-5-24(6-2)19-12-10-17(11-13-19)15-23-21(26)16(3)25(29(4,27)28)20-9-7-8-18(22)14-20/h7-14,16H,5-6,15H2,1-4H3,(H,23,26)/t16-/m0/s1. The summed E-state index contributed by atoms with van der Waals surface area (Å²) < 4.78 is 25.7. The molecule has 0 bridgehead atoms. The van der Waals surface area contributed by atoms with E-state index in [0.717, 1.165) is 34.9 Å². The van der Waals surface area contributed by atoms with Gasteiger partial charge in [0.1, 0.15) is 6.04 Å². The molecule has 29 heavy (non-hydrogen) atoms. The van der Waals surface area contributed by atoms with Gasteiger partial charge in [-0.15, -0.1) is 0 Å². The Kier molecular flexibility index (Phi) is 7.93. The second-order valence-electron chi connectivity index (χ2n) is 6.77. The molecule has 0 unspecified atom stereocenters. The monoisotopic (exact) mass is 437 g/mol. The van der Waals surface area contributed by atoms with Crippen LogP contribution in [0.1, 0.15) is 26.3 Å². The first kappa shape index (κ1) is 23.0. The number of rotatable bonds is 9. The molecular formula is C21H28ClN3O3S. The number of hydrogen-bond acceptors (Lipinski definition) is 4. The summed E-state index contributed by atoms with van der Waals surface area (Å²) in [6.07, 6.45) is 1.07. The maximum atomic E-state index is 12.7. The summed E-state index contributed by atoms with van der Waals surface area (Å²) >= 11 is 5.99. The lowest BCUT2D eigenvalue weighted by Gasteiger charge is -2.28. The van der Waals surface area contributed by atoms with E-state index in [2.05, 4.69) is 24.1 Å². The molecule has 0 spiro atoms. The maximum Gasteiger partial charge on any atom is 0.243 e. The molecule has 0 aliphatic carbocycles. The molecule has 0 radical (unpaired) electrons. The van der Waals surface area contributed by atoms with E-state index in [0.29, 0.717) is 17.3 Å². The van der Waals surface area contributed by atoms with E-state index in [1.165, 1.54) is 6.07 Å². The van der Waals surface area contributed by atoms with Crippen molar-refractivity contribution in [1.29, 1.82) is 0 Å². The zero-order valence-electron chi connectivity index (χ0n) is 17.2. The smallest absolute Gasteiger partial charge is 0.243 e. The summed E-state index contributed by atoms with van der Waals surface area (Å²) in [7, 11) is -3.67. The molecule has 0 aliphatic rings. The molecule has 0 aromatic heterocycles. The molecule has 1 atom stereocenters. The minimum absolute atomic E-state index is 0.314. The number of amides is 1. The van der Waals surface area contributed by atoms with Crippen LogP contribution in [0.2, 0.25) is 5.02 Å². The van der Waals surface area contributed by atoms with E-state index in [4.69, 9.17) is 11.6 Å². The molecular weight excluding hydrogens is 410 g/mol. The Hall–Kier alpha value is -2.25. The number of sulfonamides is 1. The molecule has 2 aromatic rings. The van der Waals surface area contributed by atoms with Crippen molar-refractivity contribution in [3.63, 3.8) is 0 Å². The lowest BCUT2D eigenvalue weighted by Crippen LogP contribution is -2.47. The van der Waals surface area contributed by atoms with Crippen LogP contribution in [0.15, 0.2) is 48.5 Å². The molecule has 2 rings (SSSR count). The Labute approximate surface area is 178 Å². The van der Waals surface area contributed by atoms with Crippen LogP contribution in [0.5, 0.6) is 0 Å². The Balaban J connectivity index is 2.10. The summed E-state index contributed by atoms with van der Waals surface area (Å²) in [6.45, 7) is 7.93. The summed E-state index contributed by atoms with van der Waals surface area (Å²) in [5.74, 6) is -0.386. The average molecular weight is 438 g/mol. The molecule has 0 fully saturated rings. The van der Waals surface area contributed by atoms with Gasteiger partial charge in [-0.25, -0.2) is 8.42 Å². The SMILES string of the molecule is CCN(CC)c1ccc(CNC(=O)[C@H](C)N(c2cccc(Cl)c2)S(C)(=O)=O)cc1. The lowest BCUT2D eigenvalue weighted by atomic mass is 10.2. The van der Waals surface area contributed by atoms with E-state index < -0.39 is 16.1 Å². The van der Waals surface area contributed by atoms with Crippen LogP contribution < -0.4 is 14.5 Å². The third-order valence-electron chi connectivity index (χ3n) is 4.68. The van der Waals surface area contributed by atoms with Gasteiger partial charge in [0.15, 0.2) is 0 Å². The molecule has 158 valence electrons. The topological polar surface area (TPSA) is 69.7 Å². The number of carbonyl (C=O) groups is 1. The lowest BCUT2D eigenvalue weighted by molar-refractivity contribution is -0.122. The normalized spacial score (nSPS) is 12.3. The van der Waals surface area contributed by atoms with Gasteiger partial charge in [-0.3, -0.25) is 9.10 Å². The third-order valence-corrected chi connectivity index (χ3v) is 6.16. The second-order valence-corrected chi connectivity index (χ2v) is 9.07. The molecule has 0 aliphatic heterocycles. The van der Waals surface area contributed by atoms with Crippen molar-refractivity contribution >= 4 is 38.9 Å². The summed E-state index contributed by atoms with van der Waals surface area (Å²) in [5, 5.41) is 3.22. The minimum Gasteiger partial charge on any atom is -0.372 e. The Morgan fingerprint density at radius 3 is 2.21 bits per heavy atom. The molecule has 2 aromatic carbocycles. The van der Waals surface area contributed by atoms with Crippen LogP contribution in [0, 0.1) is 0 Å². The first-order chi connectivity index (χ1) is 13.7. The van der Waals surface area contributed by atoms with E-state index in [-0.39, 0.29) is 5.91 Å². The largest absolute Gasteiger partial charge is 0.372 e. The Morgan fingerprint density at radius 2 is 1.69 bits per heavy atom. The highest BCUT2D eigenvalue weighted by Gasteiger charge is 2.29. The van der Waals surface area contributed by atoms with Crippen molar-refractivity contribution in [2.75, 3.05) is 28.6 Å². The first-order valence-corrected chi connectivity index (χ1v) is 11.8. The highest BCUT2D eigenvalue weighted by Crippen LogP contribution is 2.24. The van der Waals surface area contributed by atoms with E-state index in [9.17, 15) is 13.2 Å². The van der Waals surface area contributed by atoms with E-state index >= 15 is 0 Å². The van der Waals surface area contributed by atoms with Gasteiger partial charge < -0.3 is 10.2 Å². The molecule has 1 N–H and O–H groups in total. The van der Waals surface area contributed by atoms with Crippen LogP contribution in [0.3, 0.4) is 0 Å². The van der Waals surface area contributed by atoms with Crippen molar-refractivity contribution in [1.82, 2.24) is 5.32 Å². The number of benzene rings is 2. The zero-order valence-corrected chi connectivity index (χ0v) is 18.8. The summed E-state index contributed by atoms with van der Waals surface area (Å²) in [6, 6.07) is 13.5. The average Bonchev–Trinajstić information content (AvgIpc) is 2.67. The van der Waals surface area contributed by atoms with Crippen molar-refractivity contribution in [3.05, 3.63) is 59.1 Å². The fourth-order valence-electron chi connectivity index (χ4n) is 3.17. The van der Waals surface area contributed by atoms with Gasteiger partial charge in [-0.1, -0.05) is 29.8 Å². The maximum absolute atomic E-state index is 12.7. The van der Waals surface area contributed by atoms with Gasteiger partial charge in [0.05, 0.1) is 11.9 Å². The van der Waals surface area contributed by atoms with E-state index in [1.54, 1.807) is 25.1 Å². The predicted octanol–water partition coefficient (Wildman–Crippen LogP) is 3.66. The number of anilines is 2. The third kappa shape index (κ3) is 6.11. The molecule has 0 heterocycles. The number of halogens is 1. The van der Waals surface area contributed by atoms with Gasteiger partial charge in [0.2, 0.25) is 15.9 Å². The number of nitrogens with zero attached hydrogens (tertiary/aromatic N) is 2. The van der Waals surface area contributed by atoms with Crippen molar-refractivity contribution in [3.8, 4) is 0 Å². The van der Waals surface area contributed by atoms with Crippen LogP contribution >= 0.6 is 11.6 Å². The van der Waals surface area contributed by atoms with Crippen LogP contribution in [-0.2, 0) is 21.4 Å². The zero-order chi connectivity index (χ0) is 21.6. The highest BCUT2D eigenvalue weighted by atomic mass is 35.5. The molecule has 1 amide bonds. The van der Waals surface area contributed by atoms with E-state index in [1.807, 2.05) is 24.3 Å².